The molecule has 2 amide bonds. The summed E-state index contributed by atoms with van der Waals surface area (Å²) in [4.78, 5) is 27.5. The van der Waals surface area contributed by atoms with E-state index in [1.54, 1.807) is 24.3 Å². The second kappa shape index (κ2) is 5.17. The van der Waals surface area contributed by atoms with E-state index in [1.165, 1.54) is 4.90 Å². The minimum Gasteiger partial charge on any atom is -0.344 e. The summed E-state index contributed by atoms with van der Waals surface area (Å²) >= 11 is 0. The van der Waals surface area contributed by atoms with Crippen LogP contribution < -0.4 is 4.90 Å². The molecular weight excluding hydrogens is 252 g/mol. The molecule has 0 atom stereocenters. The topological polar surface area (TPSA) is 40.6 Å². The summed E-state index contributed by atoms with van der Waals surface area (Å²) in [6, 6.07) is 18.5. The zero-order valence-electron chi connectivity index (χ0n) is 10.9. The van der Waals surface area contributed by atoms with Crippen LogP contribution in [0.4, 0.5) is 5.69 Å². The average molecular weight is 266 g/mol. The number of hydrogen-bond donors (Lipinski definition) is 0. The molecule has 20 heavy (non-hydrogen) atoms. The van der Waals surface area contributed by atoms with E-state index in [0.717, 1.165) is 5.69 Å². The Bertz CT molecular complexity index is 625. The molecule has 0 radical (unpaired) electrons. The van der Waals surface area contributed by atoms with Gasteiger partial charge >= 0.3 is 0 Å². The third-order valence-corrected chi connectivity index (χ3v) is 3.33. The van der Waals surface area contributed by atoms with Crippen LogP contribution in [0.3, 0.4) is 0 Å². The van der Waals surface area contributed by atoms with Crippen molar-refractivity contribution in [1.29, 1.82) is 0 Å². The number of amides is 2. The summed E-state index contributed by atoms with van der Waals surface area (Å²) in [6.07, 6.45) is 0. The number of benzene rings is 2. The molecule has 0 bridgehead atoms. The van der Waals surface area contributed by atoms with Crippen LogP contribution in [0, 0.1) is 0 Å². The fourth-order valence-corrected chi connectivity index (χ4v) is 2.27. The summed E-state index contributed by atoms with van der Waals surface area (Å²) in [7, 11) is 0. The minimum absolute atomic E-state index is 0.164. The molecule has 0 N–H and O–H groups in total. The van der Waals surface area contributed by atoms with Crippen molar-refractivity contribution in [2.75, 3.05) is 18.1 Å². The number of para-hydroxylation sites is 1. The van der Waals surface area contributed by atoms with Gasteiger partial charge in [0.2, 0.25) is 0 Å². The first-order valence-corrected chi connectivity index (χ1v) is 6.45. The number of imide groups is 1. The van der Waals surface area contributed by atoms with Crippen LogP contribution in [-0.4, -0.2) is 29.9 Å². The molecule has 0 saturated carbocycles. The van der Waals surface area contributed by atoms with Crippen molar-refractivity contribution in [3.63, 3.8) is 0 Å². The zero-order chi connectivity index (χ0) is 13.9. The lowest BCUT2D eigenvalue weighted by molar-refractivity contribution is -0.124. The molecule has 4 heteroatoms. The Kier molecular flexibility index (Phi) is 3.21. The smallest absolute Gasteiger partial charge is 0.262 e. The molecule has 0 aromatic heterocycles. The molecule has 1 heterocycles. The van der Waals surface area contributed by atoms with Crippen molar-refractivity contribution in [3.05, 3.63) is 66.2 Å². The third-order valence-electron chi connectivity index (χ3n) is 3.33. The first-order valence-electron chi connectivity index (χ1n) is 6.45. The summed E-state index contributed by atoms with van der Waals surface area (Å²) < 4.78 is 0. The van der Waals surface area contributed by atoms with Crippen molar-refractivity contribution >= 4 is 17.5 Å². The second-order valence-corrected chi connectivity index (χ2v) is 4.67. The van der Waals surface area contributed by atoms with Crippen molar-refractivity contribution in [1.82, 2.24) is 4.90 Å². The van der Waals surface area contributed by atoms with Crippen LogP contribution in [0.2, 0.25) is 0 Å². The van der Waals surface area contributed by atoms with E-state index in [9.17, 15) is 9.59 Å². The Morgan fingerprint density at radius 1 is 0.900 bits per heavy atom. The molecule has 1 aliphatic rings. The molecule has 1 aliphatic heterocycles. The SMILES string of the molecule is O=C1CN(c2ccccc2)CN1C(=O)c1ccccc1. The van der Waals surface area contributed by atoms with Crippen molar-refractivity contribution in [3.8, 4) is 0 Å². The molecule has 100 valence electrons. The molecule has 1 saturated heterocycles. The molecule has 0 spiro atoms. The predicted octanol–water partition coefficient (Wildman–Crippen LogP) is 2.13. The van der Waals surface area contributed by atoms with Crippen LogP contribution in [-0.2, 0) is 4.79 Å². The molecular formula is C16H14N2O2. The van der Waals surface area contributed by atoms with Gasteiger partial charge in [0, 0.05) is 11.3 Å². The number of hydrogen-bond acceptors (Lipinski definition) is 3. The van der Waals surface area contributed by atoms with E-state index >= 15 is 0 Å². The van der Waals surface area contributed by atoms with Crippen molar-refractivity contribution in [2.45, 2.75) is 0 Å². The first-order chi connectivity index (χ1) is 9.75. The van der Waals surface area contributed by atoms with Gasteiger partial charge in [-0.1, -0.05) is 36.4 Å². The average Bonchev–Trinajstić information content (AvgIpc) is 2.90. The Balaban J connectivity index is 1.80. The second-order valence-electron chi connectivity index (χ2n) is 4.67. The zero-order valence-corrected chi connectivity index (χ0v) is 10.9. The lowest BCUT2D eigenvalue weighted by atomic mass is 10.2. The Labute approximate surface area is 117 Å². The van der Waals surface area contributed by atoms with Crippen LogP contribution >= 0.6 is 0 Å². The fraction of sp³-hybridized carbons (Fsp3) is 0.125. The van der Waals surface area contributed by atoms with Crippen LogP contribution in [0.5, 0.6) is 0 Å². The summed E-state index contributed by atoms with van der Waals surface area (Å²) in [5.74, 6) is -0.406. The number of anilines is 1. The van der Waals surface area contributed by atoms with Gasteiger partial charge in [-0.3, -0.25) is 14.5 Å². The standard InChI is InChI=1S/C16H14N2O2/c19-15-11-17(14-9-5-2-6-10-14)12-18(15)16(20)13-7-3-1-4-8-13/h1-10H,11-12H2. The van der Waals surface area contributed by atoms with Crippen LogP contribution in [0.1, 0.15) is 10.4 Å². The quantitative estimate of drug-likeness (QED) is 0.782. The molecule has 2 aromatic rings. The van der Waals surface area contributed by atoms with E-state index < -0.39 is 0 Å². The maximum atomic E-state index is 12.3. The van der Waals surface area contributed by atoms with Crippen molar-refractivity contribution < 1.29 is 9.59 Å². The number of rotatable bonds is 2. The van der Waals surface area contributed by atoms with Gasteiger partial charge in [-0.25, -0.2) is 0 Å². The summed E-state index contributed by atoms with van der Waals surface area (Å²) in [5, 5.41) is 0. The number of carbonyl (C=O) groups excluding carboxylic acids is 2. The maximum absolute atomic E-state index is 12.3. The molecule has 2 aromatic carbocycles. The monoisotopic (exact) mass is 266 g/mol. The maximum Gasteiger partial charge on any atom is 0.262 e. The lowest BCUT2D eigenvalue weighted by Crippen LogP contribution is -2.33. The molecule has 0 unspecified atom stereocenters. The van der Waals surface area contributed by atoms with Gasteiger partial charge in [-0.2, -0.15) is 0 Å². The van der Waals surface area contributed by atoms with Gasteiger partial charge in [0.15, 0.2) is 0 Å². The van der Waals surface area contributed by atoms with Crippen LogP contribution in [0.25, 0.3) is 0 Å². The number of carbonyl (C=O) groups is 2. The highest BCUT2D eigenvalue weighted by Gasteiger charge is 2.32. The highest BCUT2D eigenvalue weighted by Crippen LogP contribution is 2.19. The summed E-state index contributed by atoms with van der Waals surface area (Å²) in [5.41, 5.74) is 1.49. The van der Waals surface area contributed by atoms with Gasteiger partial charge in [0.25, 0.3) is 11.8 Å². The van der Waals surface area contributed by atoms with Gasteiger partial charge in [0.05, 0.1) is 6.54 Å². The van der Waals surface area contributed by atoms with E-state index in [0.29, 0.717) is 12.2 Å². The Hall–Kier alpha value is -2.62. The highest BCUT2D eigenvalue weighted by atomic mass is 16.2. The normalized spacial score (nSPS) is 14.7. The Morgan fingerprint density at radius 2 is 1.50 bits per heavy atom. The van der Waals surface area contributed by atoms with E-state index in [-0.39, 0.29) is 18.4 Å². The molecule has 4 nitrogen and oxygen atoms in total. The Morgan fingerprint density at radius 3 is 2.15 bits per heavy atom. The lowest BCUT2D eigenvalue weighted by Gasteiger charge is -2.18. The first kappa shape index (κ1) is 12.4. The fourth-order valence-electron chi connectivity index (χ4n) is 2.27. The van der Waals surface area contributed by atoms with Crippen LogP contribution in [0.15, 0.2) is 60.7 Å². The largest absolute Gasteiger partial charge is 0.344 e. The predicted molar refractivity (Wildman–Crippen MR) is 76.3 cm³/mol. The molecule has 0 aliphatic carbocycles. The van der Waals surface area contributed by atoms with E-state index in [4.69, 9.17) is 0 Å². The van der Waals surface area contributed by atoms with Gasteiger partial charge in [0.1, 0.15) is 6.67 Å². The number of nitrogens with zero attached hydrogens (tertiary/aromatic N) is 2. The van der Waals surface area contributed by atoms with Crippen molar-refractivity contribution in [2.24, 2.45) is 0 Å². The third kappa shape index (κ3) is 2.28. The molecule has 1 fully saturated rings. The minimum atomic E-state index is -0.242. The van der Waals surface area contributed by atoms with Gasteiger partial charge in [-0.15, -0.1) is 0 Å². The van der Waals surface area contributed by atoms with Gasteiger partial charge in [-0.05, 0) is 24.3 Å². The summed E-state index contributed by atoms with van der Waals surface area (Å²) in [6.45, 7) is 0.541. The highest BCUT2D eigenvalue weighted by molar-refractivity contribution is 6.07. The van der Waals surface area contributed by atoms with Gasteiger partial charge < -0.3 is 4.90 Å². The molecule has 3 rings (SSSR count). The van der Waals surface area contributed by atoms with E-state index in [1.807, 2.05) is 41.3 Å². The van der Waals surface area contributed by atoms with E-state index in [2.05, 4.69) is 0 Å².